The lowest BCUT2D eigenvalue weighted by Crippen LogP contribution is -2.46. The Morgan fingerprint density at radius 1 is 1.55 bits per heavy atom. The number of fused-ring (bicyclic) bond motifs is 1. The Bertz CT molecular complexity index is 490. The van der Waals surface area contributed by atoms with Gasteiger partial charge in [0.15, 0.2) is 5.82 Å². The van der Waals surface area contributed by atoms with E-state index in [4.69, 9.17) is 14.0 Å². The van der Waals surface area contributed by atoms with Gasteiger partial charge in [0, 0.05) is 20.2 Å². The first-order chi connectivity index (χ1) is 9.67. The second-order valence-corrected chi connectivity index (χ2v) is 5.40. The molecule has 110 valence electrons. The van der Waals surface area contributed by atoms with Crippen molar-refractivity contribution in [3.63, 3.8) is 0 Å². The SMILES string of the molecule is COCC(=O)N1CC[C@H]2C[C@H](c3nc(C)no3)O[C@@H]2C1. The number of amides is 1. The fraction of sp³-hybridized carbons (Fsp3) is 0.769. The molecule has 3 rings (SSSR count). The number of methoxy groups -OCH3 is 1. The highest BCUT2D eigenvalue weighted by Crippen LogP contribution is 2.40. The van der Waals surface area contributed by atoms with Crippen LogP contribution in [-0.4, -0.2) is 53.9 Å². The van der Waals surface area contributed by atoms with Crippen molar-refractivity contribution in [2.75, 3.05) is 26.8 Å². The number of carbonyl (C=O) groups is 1. The third kappa shape index (κ3) is 2.55. The molecule has 0 unspecified atom stereocenters. The smallest absolute Gasteiger partial charge is 0.255 e. The maximum atomic E-state index is 11.8. The molecule has 0 radical (unpaired) electrons. The molecule has 0 N–H and O–H groups in total. The van der Waals surface area contributed by atoms with Crippen molar-refractivity contribution in [2.45, 2.75) is 32.0 Å². The average Bonchev–Trinajstić information content (AvgIpc) is 3.03. The van der Waals surface area contributed by atoms with Crippen molar-refractivity contribution in [1.29, 1.82) is 0 Å². The zero-order valence-electron chi connectivity index (χ0n) is 11.7. The van der Waals surface area contributed by atoms with E-state index in [0.29, 0.717) is 24.2 Å². The molecule has 20 heavy (non-hydrogen) atoms. The Hall–Kier alpha value is -1.47. The summed E-state index contributed by atoms with van der Waals surface area (Å²) in [6.07, 6.45) is 1.76. The molecule has 1 amide bonds. The highest BCUT2D eigenvalue weighted by Gasteiger charge is 2.42. The van der Waals surface area contributed by atoms with Crippen molar-refractivity contribution in [2.24, 2.45) is 5.92 Å². The van der Waals surface area contributed by atoms with Crippen molar-refractivity contribution in [3.05, 3.63) is 11.7 Å². The lowest BCUT2D eigenvalue weighted by molar-refractivity contribution is -0.139. The molecule has 7 nitrogen and oxygen atoms in total. The normalized spacial score (nSPS) is 29.5. The highest BCUT2D eigenvalue weighted by atomic mass is 16.5. The van der Waals surface area contributed by atoms with Crippen LogP contribution in [0.3, 0.4) is 0 Å². The van der Waals surface area contributed by atoms with Gasteiger partial charge in [0.05, 0.1) is 6.10 Å². The average molecular weight is 281 g/mol. The van der Waals surface area contributed by atoms with Gasteiger partial charge in [-0.15, -0.1) is 0 Å². The topological polar surface area (TPSA) is 77.7 Å². The van der Waals surface area contributed by atoms with E-state index in [9.17, 15) is 4.79 Å². The third-order valence-electron chi connectivity index (χ3n) is 3.99. The number of hydrogen-bond donors (Lipinski definition) is 0. The number of ether oxygens (including phenoxy) is 2. The van der Waals surface area contributed by atoms with E-state index < -0.39 is 0 Å². The molecule has 7 heteroatoms. The molecule has 1 aromatic heterocycles. The first-order valence-electron chi connectivity index (χ1n) is 6.89. The second-order valence-electron chi connectivity index (χ2n) is 5.40. The van der Waals surface area contributed by atoms with Gasteiger partial charge >= 0.3 is 0 Å². The van der Waals surface area contributed by atoms with E-state index in [1.807, 2.05) is 4.90 Å². The van der Waals surface area contributed by atoms with Gasteiger partial charge in [-0.1, -0.05) is 5.16 Å². The van der Waals surface area contributed by atoms with Gasteiger partial charge in [-0.2, -0.15) is 4.98 Å². The molecular formula is C13H19N3O4. The van der Waals surface area contributed by atoms with Crippen molar-refractivity contribution < 1.29 is 18.8 Å². The molecule has 0 spiro atoms. The van der Waals surface area contributed by atoms with Crippen molar-refractivity contribution in [1.82, 2.24) is 15.0 Å². The predicted octanol–water partition coefficient (Wildman–Crippen LogP) is 0.703. The number of rotatable bonds is 3. The summed E-state index contributed by atoms with van der Waals surface area (Å²) in [5, 5.41) is 3.80. The largest absolute Gasteiger partial charge is 0.375 e. The van der Waals surface area contributed by atoms with Gasteiger partial charge in [0.25, 0.3) is 5.89 Å². The monoisotopic (exact) mass is 281 g/mol. The van der Waals surface area contributed by atoms with Crippen LogP contribution in [0.5, 0.6) is 0 Å². The zero-order valence-corrected chi connectivity index (χ0v) is 11.7. The Morgan fingerprint density at radius 3 is 3.10 bits per heavy atom. The summed E-state index contributed by atoms with van der Waals surface area (Å²) in [6.45, 7) is 3.31. The van der Waals surface area contributed by atoms with E-state index >= 15 is 0 Å². The maximum Gasteiger partial charge on any atom is 0.255 e. The third-order valence-corrected chi connectivity index (χ3v) is 3.99. The van der Waals surface area contributed by atoms with Crippen LogP contribution in [0.25, 0.3) is 0 Å². The van der Waals surface area contributed by atoms with Gasteiger partial charge in [-0.25, -0.2) is 0 Å². The van der Waals surface area contributed by atoms with E-state index in [1.165, 1.54) is 7.11 Å². The molecule has 0 saturated carbocycles. The Balaban J connectivity index is 1.62. The fourth-order valence-electron chi connectivity index (χ4n) is 2.97. The van der Waals surface area contributed by atoms with E-state index in [-0.39, 0.29) is 24.7 Å². The lowest BCUT2D eigenvalue weighted by Gasteiger charge is -2.33. The van der Waals surface area contributed by atoms with E-state index in [2.05, 4.69) is 10.1 Å². The molecule has 2 fully saturated rings. The number of carbonyl (C=O) groups excluding carboxylic acids is 1. The van der Waals surface area contributed by atoms with Crippen molar-refractivity contribution in [3.8, 4) is 0 Å². The Labute approximate surface area is 117 Å². The molecular weight excluding hydrogens is 262 g/mol. The summed E-state index contributed by atoms with van der Waals surface area (Å²) in [7, 11) is 1.53. The molecule has 2 aliphatic heterocycles. The summed E-state index contributed by atoms with van der Waals surface area (Å²) < 4.78 is 16.1. The number of likely N-dealkylation sites (tertiary alicyclic amines) is 1. The van der Waals surface area contributed by atoms with Gasteiger partial charge in [0.2, 0.25) is 5.91 Å². The minimum absolute atomic E-state index is 0.0200. The zero-order chi connectivity index (χ0) is 14.1. The molecule has 3 atom stereocenters. The van der Waals surface area contributed by atoms with Crippen LogP contribution in [0.1, 0.15) is 30.7 Å². The Morgan fingerprint density at radius 2 is 2.40 bits per heavy atom. The van der Waals surface area contributed by atoms with Gasteiger partial charge in [-0.3, -0.25) is 4.79 Å². The van der Waals surface area contributed by atoms with E-state index in [0.717, 1.165) is 19.4 Å². The summed E-state index contributed by atoms with van der Waals surface area (Å²) in [5.74, 6) is 1.65. The molecule has 0 aliphatic carbocycles. The quantitative estimate of drug-likeness (QED) is 0.811. The first-order valence-corrected chi connectivity index (χ1v) is 6.89. The molecule has 2 saturated heterocycles. The second kappa shape index (κ2) is 5.49. The summed E-state index contributed by atoms with van der Waals surface area (Å²) in [5.41, 5.74) is 0. The fourth-order valence-corrected chi connectivity index (χ4v) is 2.97. The summed E-state index contributed by atoms with van der Waals surface area (Å²) >= 11 is 0. The molecule has 2 aliphatic rings. The number of piperidine rings is 1. The van der Waals surface area contributed by atoms with Crippen LogP contribution in [0.2, 0.25) is 0 Å². The molecule has 1 aromatic rings. The minimum Gasteiger partial charge on any atom is -0.375 e. The van der Waals surface area contributed by atoms with Crippen LogP contribution in [-0.2, 0) is 14.3 Å². The maximum absolute atomic E-state index is 11.8. The minimum atomic E-state index is -0.135. The van der Waals surface area contributed by atoms with Gasteiger partial charge in [0.1, 0.15) is 12.7 Å². The molecule has 0 aromatic carbocycles. The van der Waals surface area contributed by atoms with Crippen LogP contribution < -0.4 is 0 Å². The summed E-state index contributed by atoms with van der Waals surface area (Å²) in [4.78, 5) is 17.9. The number of hydrogen-bond acceptors (Lipinski definition) is 6. The lowest BCUT2D eigenvalue weighted by atomic mass is 9.92. The van der Waals surface area contributed by atoms with Crippen LogP contribution in [0.4, 0.5) is 0 Å². The number of nitrogens with zero attached hydrogens (tertiary/aromatic N) is 3. The van der Waals surface area contributed by atoms with E-state index in [1.54, 1.807) is 6.92 Å². The molecule has 3 heterocycles. The van der Waals surface area contributed by atoms with Crippen LogP contribution in [0.15, 0.2) is 4.52 Å². The highest BCUT2D eigenvalue weighted by molar-refractivity contribution is 5.77. The number of aryl methyl sites for hydroxylation is 1. The number of aromatic nitrogens is 2. The van der Waals surface area contributed by atoms with Crippen LogP contribution in [0, 0.1) is 12.8 Å². The summed E-state index contributed by atoms with van der Waals surface area (Å²) in [6, 6.07) is 0. The first kappa shape index (κ1) is 13.5. The standard InChI is InChI=1S/C13H19N3O4/c1-8-14-13(20-15-8)10-5-9-3-4-16(6-11(9)19-10)12(17)7-18-2/h9-11H,3-7H2,1-2H3/t9-,10+,11+/m0/s1. The Kier molecular flexibility index (Phi) is 3.71. The molecule has 0 bridgehead atoms. The van der Waals surface area contributed by atoms with Crippen molar-refractivity contribution >= 4 is 5.91 Å². The van der Waals surface area contributed by atoms with Crippen LogP contribution >= 0.6 is 0 Å². The van der Waals surface area contributed by atoms with Gasteiger partial charge < -0.3 is 18.9 Å². The predicted molar refractivity (Wildman–Crippen MR) is 67.8 cm³/mol. The van der Waals surface area contributed by atoms with Gasteiger partial charge in [-0.05, 0) is 25.7 Å².